The van der Waals surface area contributed by atoms with Gasteiger partial charge in [-0.1, -0.05) is 12.1 Å². The molecule has 0 fully saturated rings. The summed E-state index contributed by atoms with van der Waals surface area (Å²) in [5, 5.41) is 0. The number of nitrogens with two attached hydrogens (primary N) is 1. The molecular formula is C9H14N2O. The first-order valence-electron chi connectivity index (χ1n) is 3.82. The monoisotopic (exact) mass is 166 g/mol. The molecule has 3 heteroatoms. The van der Waals surface area contributed by atoms with Crippen molar-refractivity contribution in [1.82, 2.24) is 0 Å². The SMILES string of the molecule is CN(C)c1ccc(CON)cc1. The average molecular weight is 166 g/mol. The largest absolute Gasteiger partial charge is 0.378 e. The highest BCUT2D eigenvalue weighted by Gasteiger charge is 1.94. The van der Waals surface area contributed by atoms with Gasteiger partial charge in [0.1, 0.15) is 0 Å². The maximum absolute atomic E-state index is 4.95. The lowest BCUT2D eigenvalue weighted by Gasteiger charge is -2.12. The number of rotatable bonds is 3. The van der Waals surface area contributed by atoms with Crippen molar-refractivity contribution in [3.05, 3.63) is 29.8 Å². The van der Waals surface area contributed by atoms with Gasteiger partial charge in [0.15, 0.2) is 0 Å². The van der Waals surface area contributed by atoms with Gasteiger partial charge < -0.3 is 4.90 Å². The van der Waals surface area contributed by atoms with E-state index in [9.17, 15) is 0 Å². The van der Waals surface area contributed by atoms with Crippen molar-refractivity contribution in [3.8, 4) is 0 Å². The Balaban J connectivity index is 2.71. The van der Waals surface area contributed by atoms with Gasteiger partial charge in [-0.05, 0) is 17.7 Å². The van der Waals surface area contributed by atoms with Crippen molar-refractivity contribution in [1.29, 1.82) is 0 Å². The molecule has 0 aliphatic heterocycles. The molecule has 0 bridgehead atoms. The zero-order valence-electron chi connectivity index (χ0n) is 7.45. The van der Waals surface area contributed by atoms with Gasteiger partial charge in [0, 0.05) is 19.8 Å². The molecule has 0 saturated heterocycles. The van der Waals surface area contributed by atoms with Crippen LogP contribution in [0.5, 0.6) is 0 Å². The molecule has 0 atom stereocenters. The average Bonchev–Trinajstić information content (AvgIpc) is 2.06. The van der Waals surface area contributed by atoms with Crippen LogP contribution in [0.15, 0.2) is 24.3 Å². The summed E-state index contributed by atoms with van der Waals surface area (Å²) >= 11 is 0. The van der Waals surface area contributed by atoms with Gasteiger partial charge in [-0.2, -0.15) is 0 Å². The summed E-state index contributed by atoms with van der Waals surface area (Å²) in [5.74, 6) is 4.95. The number of anilines is 1. The molecule has 66 valence electrons. The highest BCUT2D eigenvalue weighted by atomic mass is 16.6. The standard InChI is InChI=1S/C9H14N2O/c1-11(2)9-5-3-8(4-6-9)7-12-10/h3-6H,7,10H2,1-2H3. The second-order valence-corrected chi connectivity index (χ2v) is 2.87. The quantitative estimate of drug-likeness (QED) is 0.684. The molecule has 12 heavy (non-hydrogen) atoms. The zero-order valence-corrected chi connectivity index (χ0v) is 7.45. The van der Waals surface area contributed by atoms with E-state index in [0.29, 0.717) is 6.61 Å². The fourth-order valence-electron chi connectivity index (χ4n) is 0.987. The Labute approximate surface area is 72.7 Å². The normalized spacial score (nSPS) is 9.92. The Kier molecular flexibility index (Phi) is 3.08. The van der Waals surface area contributed by atoms with E-state index in [1.165, 1.54) is 5.69 Å². The molecule has 0 unspecified atom stereocenters. The summed E-state index contributed by atoms with van der Waals surface area (Å²) in [6.07, 6.45) is 0. The number of hydrogen-bond acceptors (Lipinski definition) is 3. The van der Waals surface area contributed by atoms with Crippen LogP contribution in [-0.2, 0) is 11.4 Å². The fourth-order valence-corrected chi connectivity index (χ4v) is 0.987. The lowest BCUT2D eigenvalue weighted by Crippen LogP contribution is -2.08. The lowest BCUT2D eigenvalue weighted by molar-refractivity contribution is 0.124. The van der Waals surface area contributed by atoms with Crippen molar-refractivity contribution < 1.29 is 4.84 Å². The van der Waals surface area contributed by atoms with Gasteiger partial charge in [0.05, 0.1) is 6.61 Å². The van der Waals surface area contributed by atoms with Crippen LogP contribution < -0.4 is 10.8 Å². The van der Waals surface area contributed by atoms with E-state index in [1.807, 2.05) is 43.3 Å². The first-order valence-corrected chi connectivity index (χ1v) is 3.82. The smallest absolute Gasteiger partial charge is 0.0930 e. The van der Waals surface area contributed by atoms with E-state index in [1.54, 1.807) is 0 Å². The molecule has 0 aromatic heterocycles. The van der Waals surface area contributed by atoms with Crippen molar-refractivity contribution in [2.75, 3.05) is 19.0 Å². The molecule has 0 saturated carbocycles. The molecule has 0 radical (unpaired) electrons. The van der Waals surface area contributed by atoms with Crippen LogP contribution in [0.4, 0.5) is 5.69 Å². The van der Waals surface area contributed by atoms with Gasteiger partial charge in [-0.15, -0.1) is 0 Å². The highest BCUT2D eigenvalue weighted by Crippen LogP contribution is 2.12. The second-order valence-electron chi connectivity index (χ2n) is 2.87. The van der Waals surface area contributed by atoms with Crippen molar-refractivity contribution in [3.63, 3.8) is 0 Å². The Morgan fingerprint density at radius 1 is 1.25 bits per heavy atom. The topological polar surface area (TPSA) is 38.5 Å². The van der Waals surface area contributed by atoms with Gasteiger partial charge >= 0.3 is 0 Å². The van der Waals surface area contributed by atoms with Crippen LogP contribution in [0.1, 0.15) is 5.56 Å². The lowest BCUT2D eigenvalue weighted by atomic mass is 10.2. The minimum atomic E-state index is 0.466. The molecular weight excluding hydrogens is 152 g/mol. The number of benzene rings is 1. The molecule has 0 heterocycles. The first-order chi connectivity index (χ1) is 5.74. The third-order valence-electron chi connectivity index (χ3n) is 1.70. The maximum Gasteiger partial charge on any atom is 0.0930 e. The third kappa shape index (κ3) is 2.22. The van der Waals surface area contributed by atoms with Crippen molar-refractivity contribution in [2.45, 2.75) is 6.61 Å². The van der Waals surface area contributed by atoms with Crippen molar-refractivity contribution in [2.24, 2.45) is 5.90 Å². The third-order valence-corrected chi connectivity index (χ3v) is 1.70. The van der Waals surface area contributed by atoms with Crippen molar-refractivity contribution >= 4 is 5.69 Å². The Bertz CT molecular complexity index is 231. The van der Waals surface area contributed by atoms with Gasteiger partial charge in [-0.3, -0.25) is 4.84 Å². The summed E-state index contributed by atoms with van der Waals surface area (Å²) in [7, 11) is 4.02. The van der Waals surface area contributed by atoms with Crippen LogP contribution >= 0.6 is 0 Å². The molecule has 3 nitrogen and oxygen atoms in total. The summed E-state index contributed by atoms with van der Waals surface area (Å²) in [6.45, 7) is 0.466. The number of nitrogens with zero attached hydrogens (tertiary/aromatic N) is 1. The number of hydrogen-bond donors (Lipinski definition) is 1. The fraction of sp³-hybridized carbons (Fsp3) is 0.333. The van der Waals surface area contributed by atoms with Gasteiger partial charge in [-0.25, -0.2) is 5.90 Å². The van der Waals surface area contributed by atoms with E-state index in [2.05, 4.69) is 4.84 Å². The van der Waals surface area contributed by atoms with Crippen LogP contribution in [0, 0.1) is 0 Å². The minimum Gasteiger partial charge on any atom is -0.378 e. The van der Waals surface area contributed by atoms with Crippen LogP contribution in [0.2, 0.25) is 0 Å². The van der Waals surface area contributed by atoms with Gasteiger partial charge in [0.25, 0.3) is 0 Å². The zero-order chi connectivity index (χ0) is 8.97. The molecule has 0 spiro atoms. The Morgan fingerprint density at radius 2 is 1.83 bits per heavy atom. The Hall–Kier alpha value is -1.06. The Morgan fingerprint density at radius 3 is 2.25 bits per heavy atom. The molecule has 0 aliphatic carbocycles. The summed E-state index contributed by atoms with van der Waals surface area (Å²) in [5.41, 5.74) is 2.26. The predicted molar refractivity (Wildman–Crippen MR) is 49.7 cm³/mol. The highest BCUT2D eigenvalue weighted by molar-refractivity contribution is 5.45. The summed E-state index contributed by atoms with van der Waals surface area (Å²) < 4.78 is 0. The molecule has 0 amide bonds. The van der Waals surface area contributed by atoms with Gasteiger partial charge in [0.2, 0.25) is 0 Å². The van der Waals surface area contributed by atoms with Crippen LogP contribution in [-0.4, -0.2) is 14.1 Å². The molecule has 1 aromatic carbocycles. The molecule has 1 rings (SSSR count). The van der Waals surface area contributed by atoms with E-state index >= 15 is 0 Å². The van der Waals surface area contributed by atoms with Crippen LogP contribution in [0.25, 0.3) is 0 Å². The summed E-state index contributed by atoms with van der Waals surface area (Å²) in [6, 6.07) is 8.08. The molecule has 1 aromatic rings. The second kappa shape index (κ2) is 4.09. The predicted octanol–water partition coefficient (Wildman–Crippen LogP) is 1.14. The molecule has 2 N–H and O–H groups in total. The summed E-state index contributed by atoms with van der Waals surface area (Å²) in [4.78, 5) is 6.56. The van der Waals surface area contributed by atoms with E-state index in [0.717, 1.165) is 5.56 Å². The van der Waals surface area contributed by atoms with E-state index in [4.69, 9.17) is 5.90 Å². The first kappa shape index (κ1) is 9.03. The maximum atomic E-state index is 4.95. The minimum absolute atomic E-state index is 0.466. The van der Waals surface area contributed by atoms with E-state index < -0.39 is 0 Å². The van der Waals surface area contributed by atoms with E-state index in [-0.39, 0.29) is 0 Å². The van der Waals surface area contributed by atoms with Crippen LogP contribution in [0.3, 0.4) is 0 Å². The molecule has 0 aliphatic rings.